The molecule has 0 aliphatic rings. The van der Waals surface area contributed by atoms with Gasteiger partial charge in [0.15, 0.2) is 0 Å². The lowest BCUT2D eigenvalue weighted by Crippen LogP contribution is -2.45. The highest BCUT2D eigenvalue weighted by Gasteiger charge is 2.26. The van der Waals surface area contributed by atoms with Crippen molar-refractivity contribution in [1.82, 2.24) is 10.3 Å². The van der Waals surface area contributed by atoms with E-state index in [9.17, 15) is 9.59 Å². The number of carbonyl (C=O) groups excluding carboxylic acids is 2. The number of hydrogen-bond donors (Lipinski definition) is 2. The molecule has 1 aromatic carbocycles. The van der Waals surface area contributed by atoms with Crippen LogP contribution in [-0.4, -0.2) is 35.3 Å². The number of esters is 1. The smallest absolute Gasteiger partial charge is 0.408 e. The second kappa shape index (κ2) is 13.1. The van der Waals surface area contributed by atoms with E-state index in [0.29, 0.717) is 13.0 Å². The van der Waals surface area contributed by atoms with Gasteiger partial charge in [0, 0.05) is 23.5 Å². The molecule has 0 bridgehead atoms. The Hall–Kier alpha value is -2.50. The van der Waals surface area contributed by atoms with Crippen LogP contribution >= 0.6 is 0 Å². The van der Waals surface area contributed by atoms with Crippen LogP contribution in [0.25, 0.3) is 10.9 Å². The number of alkyl carbamates (subject to hydrolysis) is 1. The Balaban J connectivity index is 1.89. The van der Waals surface area contributed by atoms with Crippen molar-refractivity contribution >= 4 is 23.0 Å². The maximum absolute atomic E-state index is 12.8. The monoisotopic (exact) mass is 444 g/mol. The Morgan fingerprint density at radius 2 is 1.66 bits per heavy atom. The molecule has 1 heterocycles. The van der Waals surface area contributed by atoms with Crippen molar-refractivity contribution < 1.29 is 19.1 Å². The number of ether oxygens (including phenoxy) is 2. The Morgan fingerprint density at radius 1 is 1.00 bits per heavy atom. The van der Waals surface area contributed by atoms with E-state index in [1.165, 1.54) is 32.1 Å². The largest absolute Gasteiger partial charge is 0.464 e. The van der Waals surface area contributed by atoms with Gasteiger partial charge < -0.3 is 19.8 Å². The number of hydrogen-bond acceptors (Lipinski definition) is 4. The molecule has 0 fully saturated rings. The molecule has 2 N–H and O–H groups in total. The van der Waals surface area contributed by atoms with Crippen LogP contribution < -0.4 is 5.32 Å². The molecule has 6 heteroatoms. The first kappa shape index (κ1) is 25.8. The number of rotatable bonds is 13. The molecule has 178 valence electrons. The summed E-state index contributed by atoms with van der Waals surface area (Å²) in [4.78, 5) is 28.4. The summed E-state index contributed by atoms with van der Waals surface area (Å²) in [5, 5.41) is 3.73. The fourth-order valence-electron chi connectivity index (χ4n) is 3.67. The normalized spacial score (nSPS) is 12.5. The highest BCUT2D eigenvalue weighted by Crippen LogP contribution is 2.20. The van der Waals surface area contributed by atoms with Crippen LogP contribution in [0.2, 0.25) is 0 Å². The molecule has 6 nitrogen and oxygen atoms in total. The van der Waals surface area contributed by atoms with Gasteiger partial charge in [-0.25, -0.2) is 9.59 Å². The Labute approximate surface area is 192 Å². The van der Waals surface area contributed by atoms with Gasteiger partial charge in [-0.05, 0) is 38.8 Å². The summed E-state index contributed by atoms with van der Waals surface area (Å²) in [5.41, 5.74) is 1.30. The number of para-hydroxylation sites is 1. The Bertz CT molecular complexity index is 838. The van der Waals surface area contributed by atoms with Gasteiger partial charge in [0.1, 0.15) is 11.6 Å². The number of aromatic nitrogens is 1. The van der Waals surface area contributed by atoms with Crippen molar-refractivity contribution in [2.45, 2.75) is 97.1 Å². The average molecular weight is 445 g/mol. The van der Waals surface area contributed by atoms with E-state index < -0.39 is 23.7 Å². The number of nitrogens with one attached hydrogen (secondary N) is 2. The van der Waals surface area contributed by atoms with Crippen molar-refractivity contribution in [2.75, 3.05) is 6.61 Å². The molecule has 0 aliphatic heterocycles. The van der Waals surface area contributed by atoms with Crippen LogP contribution in [0.1, 0.15) is 84.6 Å². The molecule has 2 rings (SSSR count). The first-order chi connectivity index (χ1) is 15.3. The van der Waals surface area contributed by atoms with Crippen LogP contribution in [0.5, 0.6) is 0 Å². The first-order valence-electron chi connectivity index (χ1n) is 12.0. The average Bonchev–Trinajstić information content (AvgIpc) is 3.13. The standard InChI is InChI=1S/C26H40N2O4/c1-5-6-7-8-9-10-11-14-17-31-24(29)23(28-25(30)32-26(2,3)4)18-20-19-27-22-16-13-12-15-21(20)22/h12-13,15-16,19,23,27H,5-11,14,17-18H2,1-4H3,(H,28,30)/t23-/m0/s1. The van der Waals surface area contributed by atoms with Gasteiger partial charge in [-0.2, -0.15) is 0 Å². The topological polar surface area (TPSA) is 80.4 Å². The molecule has 0 saturated heterocycles. The zero-order chi connectivity index (χ0) is 23.4. The molecule has 0 unspecified atom stereocenters. The fourth-order valence-corrected chi connectivity index (χ4v) is 3.67. The van der Waals surface area contributed by atoms with Gasteiger partial charge in [-0.3, -0.25) is 0 Å². The third-order valence-corrected chi connectivity index (χ3v) is 5.32. The lowest BCUT2D eigenvalue weighted by Gasteiger charge is -2.23. The summed E-state index contributed by atoms with van der Waals surface area (Å²) >= 11 is 0. The number of unbranched alkanes of at least 4 members (excludes halogenated alkanes) is 7. The minimum atomic E-state index is -0.807. The summed E-state index contributed by atoms with van der Waals surface area (Å²) in [5.74, 6) is -0.427. The molecular formula is C26H40N2O4. The molecule has 1 amide bonds. The van der Waals surface area contributed by atoms with Crippen molar-refractivity contribution in [1.29, 1.82) is 0 Å². The van der Waals surface area contributed by atoms with E-state index in [4.69, 9.17) is 9.47 Å². The number of H-pyrrole nitrogens is 1. The molecule has 0 saturated carbocycles. The van der Waals surface area contributed by atoms with E-state index in [1.54, 1.807) is 20.8 Å². The minimum Gasteiger partial charge on any atom is -0.464 e. The van der Waals surface area contributed by atoms with Crippen LogP contribution in [0.4, 0.5) is 4.79 Å². The summed E-state index contributed by atoms with van der Waals surface area (Å²) in [6.07, 6.45) is 11.0. The van der Waals surface area contributed by atoms with Crippen LogP contribution in [0, 0.1) is 0 Å². The van der Waals surface area contributed by atoms with Crippen molar-refractivity contribution in [3.05, 3.63) is 36.0 Å². The van der Waals surface area contributed by atoms with Crippen molar-refractivity contribution in [3.63, 3.8) is 0 Å². The SMILES string of the molecule is CCCCCCCCCCOC(=O)[C@H](Cc1c[nH]c2ccccc12)NC(=O)OC(C)(C)C. The Morgan fingerprint density at radius 3 is 2.34 bits per heavy atom. The highest BCUT2D eigenvalue weighted by molar-refractivity contribution is 5.86. The summed E-state index contributed by atoms with van der Waals surface area (Å²) < 4.78 is 10.9. The van der Waals surface area contributed by atoms with Gasteiger partial charge in [-0.15, -0.1) is 0 Å². The van der Waals surface area contributed by atoms with E-state index in [-0.39, 0.29) is 0 Å². The zero-order valence-corrected chi connectivity index (χ0v) is 20.2. The van der Waals surface area contributed by atoms with Crippen LogP contribution in [-0.2, 0) is 20.7 Å². The van der Waals surface area contributed by atoms with Gasteiger partial charge in [0.05, 0.1) is 6.61 Å². The van der Waals surface area contributed by atoms with Crippen molar-refractivity contribution in [2.24, 2.45) is 0 Å². The van der Waals surface area contributed by atoms with Crippen molar-refractivity contribution in [3.8, 4) is 0 Å². The lowest BCUT2D eigenvalue weighted by molar-refractivity contribution is -0.146. The molecule has 2 aromatic rings. The summed E-state index contributed by atoms with van der Waals surface area (Å²) in [6.45, 7) is 7.97. The number of aromatic amines is 1. The van der Waals surface area contributed by atoms with Gasteiger partial charge >= 0.3 is 12.1 Å². The third-order valence-electron chi connectivity index (χ3n) is 5.32. The zero-order valence-electron chi connectivity index (χ0n) is 20.2. The second-order valence-electron chi connectivity index (χ2n) is 9.40. The maximum atomic E-state index is 12.8. The predicted octanol–water partition coefficient (Wildman–Crippen LogP) is 6.29. The van der Waals surface area contributed by atoms with E-state index in [0.717, 1.165) is 35.7 Å². The maximum Gasteiger partial charge on any atom is 0.408 e. The van der Waals surface area contributed by atoms with E-state index in [1.807, 2.05) is 30.5 Å². The quantitative estimate of drug-likeness (QED) is 0.281. The van der Waals surface area contributed by atoms with Gasteiger partial charge in [-0.1, -0.05) is 70.1 Å². The van der Waals surface area contributed by atoms with E-state index in [2.05, 4.69) is 17.2 Å². The number of fused-ring (bicyclic) bond motifs is 1. The Kier molecular flexibility index (Phi) is 10.6. The van der Waals surface area contributed by atoms with Gasteiger partial charge in [0.2, 0.25) is 0 Å². The summed E-state index contributed by atoms with van der Waals surface area (Å²) in [7, 11) is 0. The third kappa shape index (κ3) is 9.33. The fraction of sp³-hybridized carbons (Fsp3) is 0.615. The number of carbonyl (C=O) groups is 2. The van der Waals surface area contributed by atoms with E-state index >= 15 is 0 Å². The lowest BCUT2D eigenvalue weighted by atomic mass is 10.1. The molecule has 0 spiro atoms. The highest BCUT2D eigenvalue weighted by atomic mass is 16.6. The summed E-state index contributed by atoms with van der Waals surface area (Å²) in [6, 6.07) is 7.08. The molecule has 0 aliphatic carbocycles. The molecular weight excluding hydrogens is 404 g/mol. The van der Waals surface area contributed by atoms with Gasteiger partial charge in [0.25, 0.3) is 0 Å². The molecule has 32 heavy (non-hydrogen) atoms. The first-order valence-corrected chi connectivity index (χ1v) is 12.0. The molecule has 1 aromatic heterocycles. The predicted molar refractivity (Wildman–Crippen MR) is 129 cm³/mol. The minimum absolute atomic E-state index is 0.333. The number of amides is 1. The van der Waals surface area contributed by atoms with Crippen LogP contribution in [0.15, 0.2) is 30.5 Å². The van der Waals surface area contributed by atoms with Crippen LogP contribution in [0.3, 0.4) is 0 Å². The molecule has 1 atom stereocenters. The number of benzene rings is 1. The molecule has 0 radical (unpaired) electrons. The second-order valence-corrected chi connectivity index (χ2v) is 9.40.